The number of benzene rings is 3. The molecule has 0 aliphatic rings. The van der Waals surface area contributed by atoms with Crippen molar-refractivity contribution in [3.05, 3.63) is 83.9 Å². The highest BCUT2D eigenvalue weighted by Gasteiger charge is 2.27. The van der Waals surface area contributed by atoms with E-state index in [4.69, 9.17) is 9.47 Å². The topological polar surface area (TPSA) is 84.9 Å². The molecule has 0 spiro atoms. The van der Waals surface area contributed by atoms with E-state index in [1.54, 1.807) is 36.4 Å². The van der Waals surface area contributed by atoms with Crippen molar-refractivity contribution >= 4 is 21.6 Å². The first-order chi connectivity index (χ1) is 16.3. The fourth-order valence-electron chi connectivity index (χ4n) is 3.27. The number of methoxy groups -OCH3 is 1. The highest BCUT2D eigenvalue weighted by Crippen LogP contribution is 2.26. The van der Waals surface area contributed by atoms with E-state index in [1.807, 2.05) is 31.2 Å². The maximum absolute atomic E-state index is 13.4. The summed E-state index contributed by atoms with van der Waals surface area (Å²) in [5.74, 6) is 0.870. The molecular weight excluding hydrogens is 452 g/mol. The molecule has 1 amide bonds. The smallest absolute Gasteiger partial charge is 0.264 e. The van der Waals surface area contributed by atoms with Crippen LogP contribution in [0.4, 0.5) is 5.69 Å². The number of ether oxygens (including phenoxy) is 2. The fourth-order valence-corrected chi connectivity index (χ4v) is 4.69. The standard InChI is InChI=1S/C26H30N2O5S/c1-4-21-7-11-24(12-8-21)33-18-17-27-26(29)19-28(22-9-13-23(32-3)14-10-22)34(30,31)25-15-5-20(2)6-16-25/h5-16H,4,17-19H2,1-3H3,(H,27,29). The Kier molecular flexibility index (Phi) is 8.54. The molecule has 0 saturated heterocycles. The number of rotatable bonds is 11. The third kappa shape index (κ3) is 6.51. The molecule has 0 aliphatic carbocycles. The van der Waals surface area contributed by atoms with Crippen LogP contribution in [0.2, 0.25) is 0 Å². The molecule has 3 aromatic carbocycles. The lowest BCUT2D eigenvalue weighted by atomic mass is 10.2. The number of amides is 1. The maximum atomic E-state index is 13.4. The monoisotopic (exact) mass is 482 g/mol. The quantitative estimate of drug-likeness (QED) is 0.418. The summed E-state index contributed by atoms with van der Waals surface area (Å²) in [7, 11) is -2.43. The Bertz CT molecular complexity index is 1180. The Balaban J connectivity index is 1.68. The molecule has 7 nitrogen and oxygen atoms in total. The van der Waals surface area contributed by atoms with Crippen LogP contribution in [0.5, 0.6) is 11.5 Å². The lowest BCUT2D eigenvalue weighted by molar-refractivity contribution is -0.119. The molecule has 0 unspecified atom stereocenters. The summed E-state index contributed by atoms with van der Waals surface area (Å²) in [6.07, 6.45) is 0.951. The summed E-state index contributed by atoms with van der Waals surface area (Å²) in [5.41, 5.74) is 2.52. The van der Waals surface area contributed by atoms with Crippen molar-refractivity contribution in [3.8, 4) is 11.5 Å². The predicted molar refractivity (Wildman–Crippen MR) is 133 cm³/mol. The zero-order chi connectivity index (χ0) is 24.6. The van der Waals surface area contributed by atoms with Gasteiger partial charge in [-0.25, -0.2) is 8.42 Å². The molecule has 1 N–H and O–H groups in total. The second-order valence-electron chi connectivity index (χ2n) is 7.72. The number of hydrogen-bond acceptors (Lipinski definition) is 5. The number of hydrogen-bond donors (Lipinski definition) is 1. The van der Waals surface area contributed by atoms with Crippen molar-refractivity contribution < 1.29 is 22.7 Å². The molecule has 0 saturated carbocycles. The lowest BCUT2D eigenvalue weighted by Crippen LogP contribution is -2.41. The molecule has 34 heavy (non-hydrogen) atoms. The number of aryl methyl sites for hydroxylation is 2. The van der Waals surface area contributed by atoms with E-state index in [9.17, 15) is 13.2 Å². The van der Waals surface area contributed by atoms with E-state index in [-0.39, 0.29) is 24.6 Å². The molecule has 0 aliphatic heterocycles. The molecule has 0 aromatic heterocycles. The molecule has 8 heteroatoms. The van der Waals surface area contributed by atoms with Crippen LogP contribution in [-0.2, 0) is 21.2 Å². The molecule has 0 heterocycles. The SMILES string of the molecule is CCc1ccc(OCCNC(=O)CN(c2ccc(OC)cc2)S(=O)(=O)c2ccc(C)cc2)cc1. The molecule has 180 valence electrons. The van der Waals surface area contributed by atoms with Gasteiger partial charge in [-0.15, -0.1) is 0 Å². The first-order valence-corrected chi connectivity index (χ1v) is 12.5. The van der Waals surface area contributed by atoms with Crippen LogP contribution in [0, 0.1) is 6.92 Å². The number of nitrogens with one attached hydrogen (secondary N) is 1. The average molecular weight is 483 g/mol. The summed E-state index contributed by atoms with van der Waals surface area (Å²) >= 11 is 0. The van der Waals surface area contributed by atoms with E-state index in [0.29, 0.717) is 17.2 Å². The van der Waals surface area contributed by atoms with Gasteiger partial charge < -0.3 is 14.8 Å². The van der Waals surface area contributed by atoms with Crippen LogP contribution in [-0.4, -0.2) is 41.1 Å². The van der Waals surface area contributed by atoms with Gasteiger partial charge in [0.1, 0.15) is 24.7 Å². The number of nitrogens with zero attached hydrogens (tertiary/aromatic N) is 1. The second-order valence-corrected chi connectivity index (χ2v) is 9.58. The van der Waals surface area contributed by atoms with Crippen LogP contribution < -0.4 is 19.1 Å². The molecule has 3 aromatic rings. The lowest BCUT2D eigenvalue weighted by Gasteiger charge is -2.24. The maximum Gasteiger partial charge on any atom is 0.264 e. The Morgan fingerprint density at radius 3 is 2.12 bits per heavy atom. The van der Waals surface area contributed by atoms with Crippen LogP contribution in [0.1, 0.15) is 18.1 Å². The van der Waals surface area contributed by atoms with E-state index >= 15 is 0 Å². The third-order valence-electron chi connectivity index (χ3n) is 5.28. The molecule has 0 atom stereocenters. The number of anilines is 1. The molecular formula is C26H30N2O5S. The van der Waals surface area contributed by atoms with E-state index in [2.05, 4.69) is 12.2 Å². The van der Waals surface area contributed by atoms with Crippen molar-refractivity contribution in [2.45, 2.75) is 25.2 Å². The first kappa shape index (κ1) is 25.1. The van der Waals surface area contributed by atoms with Gasteiger partial charge in [0.2, 0.25) is 5.91 Å². The van der Waals surface area contributed by atoms with Crippen molar-refractivity contribution in [1.82, 2.24) is 5.32 Å². The van der Waals surface area contributed by atoms with Gasteiger partial charge in [0.15, 0.2) is 0 Å². The average Bonchev–Trinajstić information content (AvgIpc) is 2.86. The van der Waals surface area contributed by atoms with Crippen LogP contribution in [0.15, 0.2) is 77.7 Å². The van der Waals surface area contributed by atoms with Crippen LogP contribution >= 0.6 is 0 Å². The fraction of sp³-hybridized carbons (Fsp3) is 0.269. The van der Waals surface area contributed by atoms with E-state index in [0.717, 1.165) is 16.3 Å². The third-order valence-corrected chi connectivity index (χ3v) is 7.07. The zero-order valence-corrected chi connectivity index (χ0v) is 20.5. The Morgan fingerprint density at radius 2 is 1.53 bits per heavy atom. The van der Waals surface area contributed by atoms with Crippen molar-refractivity contribution in [3.63, 3.8) is 0 Å². The number of carbonyl (C=O) groups excluding carboxylic acids is 1. The highest BCUT2D eigenvalue weighted by molar-refractivity contribution is 7.92. The molecule has 0 fully saturated rings. The zero-order valence-electron chi connectivity index (χ0n) is 19.7. The van der Waals surface area contributed by atoms with Gasteiger partial charge in [-0.2, -0.15) is 0 Å². The number of carbonyl (C=O) groups is 1. The Labute approximate surface area is 201 Å². The van der Waals surface area contributed by atoms with Crippen LogP contribution in [0.25, 0.3) is 0 Å². The Hall–Kier alpha value is -3.52. The summed E-state index contributed by atoms with van der Waals surface area (Å²) in [5, 5.41) is 2.74. The van der Waals surface area contributed by atoms with Gasteiger partial charge in [-0.3, -0.25) is 9.10 Å². The summed E-state index contributed by atoms with van der Waals surface area (Å²) < 4.78 is 38.7. The van der Waals surface area contributed by atoms with Crippen molar-refractivity contribution in [2.75, 3.05) is 31.1 Å². The predicted octanol–water partition coefficient (Wildman–Crippen LogP) is 3.96. The minimum absolute atomic E-state index is 0.112. The van der Waals surface area contributed by atoms with Gasteiger partial charge >= 0.3 is 0 Å². The van der Waals surface area contributed by atoms with Crippen molar-refractivity contribution in [1.29, 1.82) is 0 Å². The molecule has 0 radical (unpaired) electrons. The molecule has 0 bridgehead atoms. The van der Waals surface area contributed by atoms with Gasteiger partial charge in [-0.1, -0.05) is 36.8 Å². The van der Waals surface area contributed by atoms with Gasteiger partial charge in [0, 0.05) is 0 Å². The summed E-state index contributed by atoms with van der Waals surface area (Å²) in [6.45, 7) is 4.11. The Morgan fingerprint density at radius 1 is 0.912 bits per heavy atom. The largest absolute Gasteiger partial charge is 0.497 e. The summed E-state index contributed by atoms with van der Waals surface area (Å²) in [6, 6.07) is 20.8. The van der Waals surface area contributed by atoms with E-state index in [1.165, 1.54) is 24.8 Å². The van der Waals surface area contributed by atoms with Crippen molar-refractivity contribution in [2.24, 2.45) is 0 Å². The van der Waals surface area contributed by atoms with Gasteiger partial charge in [0.25, 0.3) is 10.0 Å². The minimum Gasteiger partial charge on any atom is -0.497 e. The highest BCUT2D eigenvalue weighted by atomic mass is 32.2. The molecule has 3 rings (SSSR count). The number of sulfonamides is 1. The van der Waals surface area contributed by atoms with Gasteiger partial charge in [-0.05, 0) is 67.4 Å². The minimum atomic E-state index is -3.97. The summed E-state index contributed by atoms with van der Waals surface area (Å²) in [4.78, 5) is 12.8. The van der Waals surface area contributed by atoms with E-state index < -0.39 is 15.9 Å². The van der Waals surface area contributed by atoms with Crippen LogP contribution in [0.3, 0.4) is 0 Å². The van der Waals surface area contributed by atoms with Gasteiger partial charge in [0.05, 0.1) is 24.2 Å². The normalized spacial score (nSPS) is 11.0. The first-order valence-electron chi connectivity index (χ1n) is 11.1. The second kappa shape index (κ2) is 11.6.